The van der Waals surface area contributed by atoms with Gasteiger partial charge in [0.2, 0.25) is 11.8 Å². The van der Waals surface area contributed by atoms with Crippen molar-refractivity contribution in [2.75, 3.05) is 16.8 Å². The minimum atomic E-state index is -0.370. The first-order chi connectivity index (χ1) is 12.3. The number of hydrogen-bond acceptors (Lipinski definition) is 2. The van der Waals surface area contributed by atoms with E-state index in [1.165, 1.54) is 5.56 Å². The fourth-order valence-corrected chi connectivity index (χ4v) is 3.31. The van der Waals surface area contributed by atoms with Gasteiger partial charge in [-0.1, -0.05) is 43.6 Å². The Morgan fingerprint density at radius 3 is 2.54 bits per heavy atom. The molecule has 1 aliphatic rings. The molecule has 1 aliphatic heterocycles. The molecule has 1 atom stereocenters. The molecule has 1 saturated heterocycles. The van der Waals surface area contributed by atoms with Crippen LogP contribution in [0, 0.1) is 12.8 Å². The predicted octanol–water partition coefficient (Wildman–Crippen LogP) is 4.76. The van der Waals surface area contributed by atoms with Gasteiger partial charge in [0, 0.05) is 29.4 Å². The van der Waals surface area contributed by atoms with Crippen LogP contribution in [-0.4, -0.2) is 18.4 Å². The molecule has 1 N–H and O–H groups in total. The maximum Gasteiger partial charge on any atom is 0.229 e. The lowest BCUT2D eigenvalue weighted by molar-refractivity contribution is -0.122. The number of nitrogens with one attached hydrogen (secondary N) is 1. The van der Waals surface area contributed by atoms with Crippen LogP contribution in [0.4, 0.5) is 11.4 Å². The third kappa shape index (κ3) is 3.91. The number of rotatable bonds is 4. The number of nitrogens with zero attached hydrogens (tertiary/aromatic N) is 1. The van der Waals surface area contributed by atoms with Gasteiger partial charge >= 0.3 is 0 Å². The van der Waals surface area contributed by atoms with Gasteiger partial charge in [-0.3, -0.25) is 9.59 Å². The topological polar surface area (TPSA) is 49.4 Å². The van der Waals surface area contributed by atoms with Crippen molar-refractivity contribution in [3.63, 3.8) is 0 Å². The second-order valence-corrected chi connectivity index (χ2v) is 7.54. The number of carbonyl (C=O) groups excluding carboxylic acids is 2. The molecule has 136 valence electrons. The van der Waals surface area contributed by atoms with Crippen molar-refractivity contribution >= 4 is 34.8 Å². The Bertz CT molecular complexity index is 830. The molecule has 0 saturated carbocycles. The molecule has 1 fully saturated rings. The number of hydrogen-bond donors (Lipinski definition) is 1. The number of carbonyl (C=O) groups is 2. The highest BCUT2D eigenvalue weighted by molar-refractivity contribution is 6.31. The normalized spacial score (nSPS) is 17.0. The fourth-order valence-electron chi connectivity index (χ4n) is 3.14. The number of amides is 2. The molecule has 0 aromatic heterocycles. The van der Waals surface area contributed by atoms with E-state index in [0.717, 1.165) is 11.3 Å². The van der Waals surface area contributed by atoms with Crippen LogP contribution in [0.25, 0.3) is 0 Å². The SMILES string of the molecule is Cc1ccc(Cl)cc1NC(=O)C1CC(=O)N(c2ccc(C(C)C)cc2)C1. The van der Waals surface area contributed by atoms with E-state index in [0.29, 0.717) is 23.2 Å². The Balaban J connectivity index is 1.70. The van der Waals surface area contributed by atoms with Gasteiger partial charge in [0.05, 0.1) is 5.92 Å². The van der Waals surface area contributed by atoms with E-state index in [2.05, 4.69) is 19.2 Å². The van der Waals surface area contributed by atoms with Gasteiger partial charge < -0.3 is 10.2 Å². The molecule has 0 aliphatic carbocycles. The number of halogens is 1. The number of benzene rings is 2. The van der Waals surface area contributed by atoms with Gasteiger partial charge in [0.15, 0.2) is 0 Å². The van der Waals surface area contributed by atoms with Gasteiger partial charge in [0.1, 0.15) is 0 Å². The molecule has 0 bridgehead atoms. The molecule has 0 radical (unpaired) electrons. The van der Waals surface area contributed by atoms with Crippen molar-refractivity contribution in [2.24, 2.45) is 5.92 Å². The van der Waals surface area contributed by atoms with E-state index in [-0.39, 0.29) is 24.2 Å². The molecule has 5 heteroatoms. The monoisotopic (exact) mass is 370 g/mol. The average Bonchev–Trinajstić information content (AvgIpc) is 3.00. The van der Waals surface area contributed by atoms with Crippen LogP contribution in [0.2, 0.25) is 5.02 Å². The molecule has 2 aromatic carbocycles. The van der Waals surface area contributed by atoms with Crippen LogP contribution in [0.3, 0.4) is 0 Å². The Morgan fingerprint density at radius 1 is 1.19 bits per heavy atom. The molecular weight excluding hydrogens is 348 g/mol. The van der Waals surface area contributed by atoms with Crippen LogP contribution in [-0.2, 0) is 9.59 Å². The van der Waals surface area contributed by atoms with E-state index >= 15 is 0 Å². The van der Waals surface area contributed by atoms with Crippen molar-refractivity contribution in [1.29, 1.82) is 0 Å². The maximum atomic E-state index is 12.6. The molecule has 26 heavy (non-hydrogen) atoms. The quantitative estimate of drug-likeness (QED) is 0.843. The molecule has 2 amide bonds. The summed E-state index contributed by atoms with van der Waals surface area (Å²) in [4.78, 5) is 26.7. The first-order valence-electron chi connectivity index (χ1n) is 8.82. The summed E-state index contributed by atoms with van der Waals surface area (Å²) in [5.74, 6) is -0.0984. The van der Waals surface area contributed by atoms with E-state index in [4.69, 9.17) is 11.6 Å². The highest BCUT2D eigenvalue weighted by Crippen LogP contribution is 2.28. The lowest BCUT2D eigenvalue weighted by Gasteiger charge is -2.18. The highest BCUT2D eigenvalue weighted by atomic mass is 35.5. The van der Waals surface area contributed by atoms with E-state index in [1.807, 2.05) is 37.3 Å². The van der Waals surface area contributed by atoms with Gasteiger partial charge in [-0.25, -0.2) is 0 Å². The van der Waals surface area contributed by atoms with Crippen molar-refractivity contribution in [2.45, 2.75) is 33.1 Å². The second-order valence-electron chi connectivity index (χ2n) is 7.10. The molecular formula is C21H23ClN2O2. The summed E-state index contributed by atoms with van der Waals surface area (Å²) in [7, 11) is 0. The largest absolute Gasteiger partial charge is 0.325 e. The lowest BCUT2D eigenvalue weighted by atomic mass is 10.0. The Labute approximate surface area is 159 Å². The van der Waals surface area contributed by atoms with E-state index in [1.54, 1.807) is 17.0 Å². The smallest absolute Gasteiger partial charge is 0.229 e. The molecule has 2 aromatic rings. The van der Waals surface area contributed by atoms with Crippen molar-refractivity contribution in [3.05, 3.63) is 58.6 Å². The standard InChI is InChI=1S/C21H23ClN2O2/c1-13(2)15-5-8-18(9-6-15)24-12-16(10-20(24)25)21(26)23-19-11-17(22)7-4-14(19)3/h4-9,11,13,16H,10,12H2,1-3H3,(H,23,26). The van der Waals surface area contributed by atoms with Gasteiger partial charge in [-0.15, -0.1) is 0 Å². The van der Waals surface area contributed by atoms with Gasteiger partial charge in [-0.2, -0.15) is 0 Å². The maximum absolute atomic E-state index is 12.6. The van der Waals surface area contributed by atoms with Gasteiger partial charge in [-0.05, 0) is 48.2 Å². The summed E-state index contributed by atoms with van der Waals surface area (Å²) in [5, 5.41) is 3.48. The fraction of sp³-hybridized carbons (Fsp3) is 0.333. The van der Waals surface area contributed by atoms with Crippen LogP contribution >= 0.6 is 11.6 Å². The minimum absolute atomic E-state index is 0.0229. The molecule has 1 unspecified atom stereocenters. The molecule has 3 rings (SSSR count). The zero-order valence-corrected chi connectivity index (χ0v) is 16.0. The lowest BCUT2D eigenvalue weighted by Crippen LogP contribution is -2.28. The first kappa shape index (κ1) is 18.5. The van der Waals surface area contributed by atoms with Crippen LogP contribution in [0.1, 0.15) is 37.3 Å². The van der Waals surface area contributed by atoms with E-state index < -0.39 is 0 Å². The second kappa shape index (κ2) is 7.50. The van der Waals surface area contributed by atoms with Crippen LogP contribution < -0.4 is 10.2 Å². The molecule has 1 heterocycles. The number of aryl methyl sites for hydroxylation is 1. The predicted molar refractivity (Wildman–Crippen MR) is 106 cm³/mol. The zero-order valence-electron chi connectivity index (χ0n) is 15.3. The van der Waals surface area contributed by atoms with Crippen molar-refractivity contribution < 1.29 is 9.59 Å². The Morgan fingerprint density at radius 2 is 1.88 bits per heavy atom. The van der Waals surface area contributed by atoms with Crippen molar-refractivity contribution in [1.82, 2.24) is 0 Å². The summed E-state index contributed by atoms with van der Waals surface area (Å²) in [5.41, 5.74) is 3.70. The van der Waals surface area contributed by atoms with Gasteiger partial charge in [0.25, 0.3) is 0 Å². The summed E-state index contributed by atoms with van der Waals surface area (Å²) in [6.07, 6.45) is 0.220. The third-order valence-electron chi connectivity index (χ3n) is 4.82. The zero-order chi connectivity index (χ0) is 18.8. The summed E-state index contributed by atoms with van der Waals surface area (Å²) in [6.45, 7) is 6.57. The van der Waals surface area contributed by atoms with Crippen LogP contribution in [0.5, 0.6) is 0 Å². The Kier molecular flexibility index (Phi) is 5.33. The summed E-state index contributed by atoms with van der Waals surface area (Å²) >= 11 is 6.01. The Hall–Kier alpha value is -2.33. The first-order valence-corrected chi connectivity index (χ1v) is 9.20. The third-order valence-corrected chi connectivity index (χ3v) is 5.06. The van der Waals surface area contributed by atoms with Crippen molar-refractivity contribution in [3.8, 4) is 0 Å². The summed E-state index contributed by atoms with van der Waals surface area (Å²) in [6, 6.07) is 13.4. The molecule has 4 nitrogen and oxygen atoms in total. The number of anilines is 2. The minimum Gasteiger partial charge on any atom is -0.325 e. The van der Waals surface area contributed by atoms with E-state index in [9.17, 15) is 9.59 Å². The summed E-state index contributed by atoms with van der Waals surface area (Å²) < 4.78 is 0. The average molecular weight is 371 g/mol. The molecule has 0 spiro atoms. The van der Waals surface area contributed by atoms with Crippen LogP contribution in [0.15, 0.2) is 42.5 Å². The highest BCUT2D eigenvalue weighted by Gasteiger charge is 2.35.